The largest absolute Gasteiger partial charge is 0.469 e. The molecule has 0 fully saturated rings. The van der Waals surface area contributed by atoms with E-state index in [-0.39, 0.29) is 5.97 Å². The number of carbonyl (C=O) groups is 1. The van der Waals surface area contributed by atoms with E-state index in [9.17, 15) is 4.79 Å². The third kappa shape index (κ3) is 17.2. The first-order valence-corrected chi connectivity index (χ1v) is 9.03. The summed E-state index contributed by atoms with van der Waals surface area (Å²) in [6.07, 6.45) is 22.0. The van der Waals surface area contributed by atoms with Crippen LogP contribution in [0.3, 0.4) is 0 Å². The Hall–Kier alpha value is -0.790. The molecule has 124 valence electrons. The average molecular weight is 296 g/mol. The van der Waals surface area contributed by atoms with Gasteiger partial charge in [-0.05, 0) is 25.7 Å². The quantitative estimate of drug-likeness (QED) is 0.204. The lowest BCUT2D eigenvalue weighted by Crippen LogP contribution is -1.99. The van der Waals surface area contributed by atoms with Crippen molar-refractivity contribution in [3.8, 4) is 0 Å². The highest BCUT2D eigenvalue weighted by Gasteiger charge is 1.98. The molecule has 0 saturated carbocycles. The molecule has 21 heavy (non-hydrogen) atoms. The lowest BCUT2D eigenvalue weighted by Gasteiger charge is -2.02. The van der Waals surface area contributed by atoms with E-state index in [0.29, 0.717) is 6.42 Å². The molecule has 0 heterocycles. The Labute approximate surface area is 132 Å². The van der Waals surface area contributed by atoms with Crippen LogP contribution < -0.4 is 0 Å². The fourth-order valence-electron chi connectivity index (χ4n) is 2.43. The minimum Gasteiger partial charge on any atom is -0.469 e. The fourth-order valence-corrected chi connectivity index (χ4v) is 2.43. The number of unbranched alkanes of at least 4 members (excludes halogenated alkanes) is 11. The molecule has 0 amide bonds. The lowest BCUT2D eigenvalue weighted by molar-refractivity contribution is -0.140. The van der Waals surface area contributed by atoms with Crippen molar-refractivity contribution >= 4 is 5.97 Å². The predicted molar refractivity (Wildman–Crippen MR) is 91.5 cm³/mol. The minimum atomic E-state index is -0.0706. The number of ether oxygens (including phenoxy) is 1. The van der Waals surface area contributed by atoms with Gasteiger partial charge in [-0.15, -0.1) is 0 Å². The topological polar surface area (TPSA) is 26.3 Å². The van der Waals surface area contributed by atoms with Gasteiger partial charge in [0.1, 0.15) is 0 Å². The van der Waals surface area contributed by atoms with E-state index in [2.05, 4.69) is 23.8 Å². The van der Waals surface area contributed by atoms with Gasteiger partial charge in [-0.25, -0.2) is 0 Å². The first kappa shape index (κ1) is 20.2. The first-order chi connectivity index (χ1) is 10.3. The highest BCUT2D eigenvalue weighted by molar-refractivity contribution is 5.68. The van der Waals surface area contributed by atoms with Gasteiger partial charge in [0.2, 0.25) is 0 Å². The third-order valence-corrected chi connectivity index (χ3v) is 3.87. The molecule has 0 aliphatic rings. The summed E-state index contributed by atoms with van der Waals surface area (Å²) in [6.45, 7) is 2.24. The molecule has 0 aromatic heterocycles. The molecule has 0 atom stereocenters. The standard InChI is InChI=1S/C19H36O2/c1-3-4-5-6-7-8-9-10-11-12-13-14-15-16-17-18-19(20)21-2/h6-7H,3-5,8-18H2,1-2H3/b7-6+. The van der Waals surface area contributed by atoms with E-state index < -0.39 is 0 Å². The van der Waals surface area contributed by atoms with E-state index in [0.717, 1.165) is 12.8 Å². The van der Waals surface area contributed by atoms with Gasteiger partial charge in [0.25, 0.3) is 0 Å². The minimum absolute atomic E-state index is 0.0706. The highest BCUT2D eigenvalue weighted by Crippen LogP contribution is 2.11. The molecule has 0 aromatic rings. The zero-order valence-electron chi connectivity index (χ0n) is 14.4. The zero-order chi connectivity index (χ0) is 15.6. The molecule has 2 heteroatoms. The monoisotopic (exact) mass is 296 g/mol. The van der Waals surface area contributed by atoms with E-state index in [1.54, 1.807) is 0 Å². The van der Waals surface area contributed by atoms with Crippen molar-refractivity contribution < 1.29 is 9.53 Å². The van der Waals surface area contributed by atoms with Crippen molar-refractivity contribution in [2.24, 2.45) is 0 Å². The molecule has 0 N–H and O–H groups in total. The molecule has 0 saturated heterocycles. The molecule has 0 spiro atoms. The van der Waals surface area contributed by atoms with Crippen molar-refractivity contribution in [3.63, 3.8) is 0 Å². The van der Waals surface area contributed by atoms with Crippen LogP contribution in [0.4, 0.5) is 0 Å². The van der Waals surface area contributed by atoms with E-state index in [1.807, 2.05) is 0 Å². The van der Waals surface area contributed by atoms with Crippen LogP contribution in [0, 0.1) is 0 Å². The highest BCUT2D eigenvalue weighted by atomic mass is 16.5. The number of rotatable bonds is 15. The second-order valence-electron chi connectivity index (χ2n) is 5.91. The summed E-state index contributed by atoms with van der Waals surface area (Å²) < 4.78 is 4.63. The van der Waals surface area contributed by atoms with Crippen molar-refractivity contribution in [1.29, 1.82) is 0 Å². The molecular formula is C19H36O2. The first-order valence-electron chi connectivity index (χ1n) is 9.03. The Morgan fingerprint density at radius 1 is 0.762 bits per heavy atom. The van der Waals surface area contributed by atoms with Crippen molar-refractivity contribution in [2.75, 3.05) is 7.11 Å². The molecule has 0 aliphatic heterocycles. The van der Waals surface area contributed by atoms with Gasteiger partial charge in [0.15, 0.2) is 0 Å². The maximum Gasteiger partial charge on any atom is 0.305 e. The maximum atomic E-state index is 10.9. The summed E-state index contributed by atoms with van der Waals surface area (Å²) in [7, 11) is 1.46. The zero-order valence-corrected chi connectivity index (χ0v) is 14.4. The summed E-state index contributed by atoms with van der Waals surface area (Å²) in [5.74, 6) is -0.0706. The van der Waals surface area contributed by atoms with Gasteiger partial charge < -0.3 is 4.74 Å². The lowest BCUT2D eigenvalue weighted by atomic mass is 10.1. The summed E-state index contributed by atoms with van der Waals surface area (Å²) in [5.41, 5.74) is 0. The van der Waals surface area contributed by atoms with Gasteiger partial charge in [0.05, 0.1) is 7.11 Å². The normalized spacial score (nSPS) is 11.1. The molecule has 2 nitrogen and oxygen atoms in total. The molecule has 0 radical (unpaired) electrons. The molecule has 0 unspecified atom stereocenters. The number of hydrogen-bond donors (Lipinski definition) is 0. The maximum absolute atomic E-state index is 10.9. The average Bonchev–Trinajstić information content (AvgIpc) is 2.50. The van der Waals surface area contributed by atoms with Crippen LogP contribution in [0.5, 0.6) is 0 Å². The second kappa shape index (κ2) is 17.3. The smallest absolute Gasteiger partial charge is 0.305 e. The third-order valence-electron chi connectivity index (χ3n) is 3.87. The number of esters is 1. The molecular weight excluding hydrogens is 260 g/mol. The Morgan fingerprint density at radius 3 is 1.76 bits per heavy atom. The molecule has 0 bridgehead atoms. The van der Waals surface area contributed by atoms with Gasteiger partial charge in [-0.3, -0.25) is 4.79 Å². The summed E-state index contributed by atoms with van der Waals surface area (Å²) in [6, 6.07) is 0. The van der Waals surface area contributed by atoms with Crippen LogP contribution >= 0.6 is 0 Å². The molecule has 0 aliphatic carbocycles. The van der Waals surface area contributed by atoms with Crippen molar-refractivity contribution in [2.45, 2.75) is 96.8 Å². The predicted octanol–water partition coefficient (Wildman–Crippen LogP) is 6.20. The van der Waals surface area contributed by atoms with Crippen molar-refractivity contribution in [1.82, 2.24) is 0 Å². The van der Waals surface area contributed by atoms with Gasteiger partial charge in [-0.2, -0.15) is 0 Å². The Balaban J connectivity index is 3.06. The summed E-state index contributed by atoms with van der Waals surface area (Å²) in [5, 5.41) is 0. The summed E-state index contributed by atoms with van der Waals surface area (Å²) >= 11 is 0. The van der Waals surface area contributed by atoms with Gasteiger partial charge in [-0.1, -0.05) is 76.9 Å². The Kier molecular flexibility index (Phi) is 16.6. The van der Waals surface area contributed by atoms with E-state index in [4.69, 9.17) is 0 Å². The SMILES string of the molecule is CCCC/C=C/CCCCCCCCCCCC(=O)OC. The van der Waals surface area contributed by atoms with Crippen molar-refractivity contribution in [3.05, 3.63) is 12.2 Å². The van der Waals surface area contributed by atoms with E-state index in [1.165, 1.54) is 77.7 Å². The van der Waals surface area contributed by atoms with Gasteiger partial charge in [0, 0.05) is 6.42 Å². The van der Waals surface area contributed by atoms with Crippen LogP contribution in [0.1, 0.15) is 96.8 Å². The molecule has 0 rings (SSSR count). The van der Waals surface area contributed by atoms with Crippen LogP contribution in [-0.4, -0.2) is 13.1 Å². The van der Waals surface area contributed by atoms with Crippen LogP contribution in [0.15, 0.2) is 12.2 Å². The van der Waals surface area contributed by atoms with Crippen LogP contribution in [-0.2, 0) is 9.53 Å². The van der Waals surface area contributed by atoms with E-state index >= 15 is 0 Å². The fraction of sp³-hybridized carbons (Fsp3) is 0.842. The van der Waals surface area contributed by atoms with Crippen LogP contribution in [0.2, 0.25) is 0 Å². The number of allylic oxidation sites excluding steroid dienone is 2. The Morgan fingerprint density at radius 2 is 1.24 bits per heavy atom. The Bertz CT molecular complexity index is 246. The summed E-state index contributed by atoms with van der Waals surface area (Å²) in [4.78, 5) is 10.9. The van der Waals surface area contributed by atoms with Crippen LogP contribution in [0.25, 0.3) is 0 Å². The number of carbonyl (C=O) groups excluding carboxylic acids is 1. The number of methoxy groups -OCH3 is 1. The second-order valence-corrected chi connectivity index (χ2v) is 5.91. The number of hydrogen-bond acceptors (Lipinski definition) is 2. The van der Waals surface area contributed by atoms with Gasteiger partial charge >= 0.3 is 5.97 Å². The molecule has 0 aromatic carbocycles.